The van der Waals surface area contributed by atoms with E-state index in [4.69, 9.17) is 28.7 Å². The van der Waals surface area contributed by atoms with Crippen LogP contribution >= 0.6 is 35.2 Å². The van der Waals surface area contributed by atoms with Crippen LogP contribution < -0.4 is 4.84 Å². The average Bonchev–Trinajstić information content (AvgIpc) is 3.15. The second kappa shape index (κ2) is 10.0. The van der Waals surface area contributed by atoms with Crippen LogP contribution in [0.4, 0.5) is 0 Å². The highest BCUT2D eigenvalue weighted by Gasteiger charge is 2.28. The molecule has 0 amide bonds. The molecule has 32 heavy (non-hydrogen) atoms. The molecule has 2 heterocycles. The number of thiazole rings is 1. The van der Waals surface area contributed by atoms with Crippen LogP contribution in [0.1, 0.15) is 5.56 Å². The molecule has 3 aromatic rings. The summed E-state index contributed by atoms with van der Waals surface area (Å²) in [5, 5.41) is 2.65. The Morgan fingerprint density at radius 1 is 1.03 bits per heavy atom. The fourth-order valence-electron chi connectivity index (χ4n) is 3.54. The number of sulfonamides is 1. The minimum absolute atomic E-state index is 0.349. The van der Waals surface area contributed by atoms with Crippen molar-refractivity contribution in [2.75, 3.05) is 39.3 Å². The third kappa shape index (κ3) is 5.24. The summed E-state index contributed by atoms with van der Waals surface area (Å²) in [5.41, 5.74) is 2.92. The minimum Gasteiger partial charge on any atom is -0.410 e. The lowest BCUT2D eigenvalue weighted by molar-refractivity contribution is 0.0776. The number of halogens is 1. The lowest BCUT2D eigenvalue weighted by Crippen LogP contribution is -2.49. The molecule has 0 N–H and O–H groups in total. The van der Waals surface area contributed by atoms with Gasteiger partial charge in [-0.1, -0.05) is 41.4 Å². The highest BCUT2D eigenvalue weighted by Crippen LogP contribution is 2.24. The highest BCUT2D eigenvalue weighted by molar-refractivity contribution is 7.89. The van der Waals surface area contributed by atoms with Gasteiger partial charge in [0.1, 0.15) is 6.61 Å². The third-order valence-corrected chi connectivity index (χ3v) is 8.74. The van der Waals surface area contributed by atoms with Crippen LogP contribution in [-0.2, 0) is 10.0 Å². The molecular formula is C22H24ClN3O3S3. The average molecular weight is 510 g/mol. The van der Waals surface area contributed by atoms with Gasteiger partial charge in [0.05, 0.1) is 10.6 Å². The van der Waals surface area contributed by atoms with Gasteiger partial charge in [-0.3, -0.25) is 4.90 Å². The third-order valence-electron chi connectivity index (χ3n) is 5.41. The van der Waals surface area contributed by atoms with Crippen molar-refractivity contribution in [1.82, 2.24) is 13.9 Å². The van der Waals surface area contributed by atoms with Crippen molar-refractivity contribution < 1.29 is 13.3 Å². The second-order valence-electron chi connectivity index (χ2n) is 7.58. The van der Waals surface area contributed by atoms with Crippen LogP contribution in [-0.4, -0.2) is 61.7 Å². The highest BCUT2D eigenvalue weighted by atomic mass is 35.5. The Kier molecular flexibility index (Phi) is 7.34. The summed E-state index contributed by atoms with van der Waals surface area (Å²) in [5.74, 6) is 0. The van der Waals surface area contributed by atoms with E-state index < -0.39 is 10.0 Å². The van der Waals surface area contributed by atoms with Gasteiger partial charge in [-0.25, -0.2) is 8.42 Å². The van der Waals surface area contributed by atoms with E-state index in [2.05, 4.69) is 4.90 Å². The molecule has 4 rings (SSSR count). The molecule has 0 radical (unpaired) electrons. The van der Waals surface area contributed by atoms with E-state index in [0.29, 0.717) is 53.2 Å². The van der Waals surface area contributed by atoms with Gasteiger partial charge in [0.25, 0.3) is 0 Å². The first kappa shape index (κ1) is 23.4. The maximum Gasteiger partial charge on any atom is 0.243 e. The summed E-state index contributed by atoms with van der Waals surface area (Å²) >= 11 is 12.9. The van der Waals surface area contributed by atoms with Crippen molar-refractivity contribution >= 4 is 45.2 Å². The van der Waals surface area contributed by atoms with Crippen LogP contribution in [0.15, 0.2) is 58.8 Å². The van der Waals surface area contributed by atoms with Gasteiger partial charge in [-0.15, -0.1) is 11.3 Å². The molecular weight excluding hydrogens is 486 g/mol. The van der Waals surface area contributed by atoms with E-state index in [1.54, 1.807) is 21.2 Å². The summed E-state index contributed by atoms with van der Waals surface area (Å²) in [6, 6.07) is 14.6. The molecule has 1 saturated heterocycles. The van der Waals surface area contributed by atoms with Crippen molar-refractivity contribution in [3.63, 3.8) is 0 Å². The molecule has 1 aliphatic rings. The molecule has 10 heteroatoms. The quantitative estimate of drug-likeness (QED) is 0.443. The van der Waals surface area contributed by atoms with Crippen molar-refractivity contribution in [2.45, 2.75) is 11.8 Å². The maximum absolute atomic E-state index is 12.9. The fourth-order valence-corrected chi connectivity index (χ4v) is 6.08. The first-order valence-electron chi connectivity index (χ1n) is 10.2. The molecule has 1 aromatic heterocycles. The Morgan fingerprint density at radius 2 is 1.69 bits per heavy atom. The van der Waals surface area contributed by atoms with Crippen LogP contribution in [0.3, 0.4) is 0 Å². The van der Waals surface area contributed by atoms with Gasteiger partial charge in [0, 0.05) is 48.7 Å². The zero-order chi connectivity index (χ0) is 22.7. The molecule has 0 bridgehead atoms. The standard InChI is InChI=1S/C22H24ClN3O3S3/c1-17-2-8-20(9-3-17)32(27,28)25-12-10-24(11-13-25)14-15-29-26-21(16-31-22(26)30)18-4-6-19(23)7-5-18/h2-9,16H,10-15H2,1H3. The van der Waals surface area contributed by atoms with E-state index in [-0.39, 0.29) is 0 Å². The lowest BCUT2D eigenvalue weighted by atomic mass is 10.2. The Balaban J connectivity index is 1.32. The Morgan fingerprint density at radius 3 is 2.34 bits per heavy atom. The van der Waals surface area contributed by atoms with Gasteiger partial charge in [0.15, 0.2) is 3.95 Å². The fraction of sp³-hybridized carbons (Fsp3) is 0.318. The molecule has 0 atom stereocenters. The molecule has 2 aromatic carbocycles. The Bertz CT molecular complexity index is 1210. The Hall–Kier alpha value is -1.75. The monoisotopic (exact) mass is 509 g/mol. The van der Waals surface area contributed by atoms with Crippen LogP contribution in [0, 0.1) is 10.9 Å². The summed E-state index contributed by atoms with van der Waals surface area (Å²) in [4.78, 5) is 8.54. The summed E-state index contributed by atoms with van der Waals surface area (Å²) in [7, 11) is -3.45. The zero-order valence-electron chi connectivity index (χ0n) is 17.6. The number of nitrogens with zero attached hydrogens (tertiary/aromatic N) is 3. The number of hydrogen-bond acceptors (Lipinski definition) is 6. The van der Waals surface area contributed by atoms with E-state index in [9.17, 15) is 8.42 Å². The van der Waals surface area contributed by atoms with E-state index in [1.807, 2.05) is 48.7 Å². The van der Waals surface area contributed by atoms with Gasteiger partial charge in [-0.2, -0.15) is 9.04 Å². The van der Waals surface area contributed by atoms with Crippen molar-refractivity contribution in [2.24, 2.45) is 0 Å². The maximum atomic E-state index is 12.9. The van der Waals surface area contributed by atoms with Crippen LogP contribution in [0.2, 0.25) is 5.02 Å². The number of hydrogen-bond donors (Lipinski definition) is 0. The molecule has 6 nitrogen and oxygen atoms in total. The largest absolute Gasteiger partial charge is 0.410 e. The summed E-state index contributed by atoms with van der Waals surface area (Å²) in [6.07, 6.45) is 0. The first-order chi connectivity index (χ1) is 15.3. The molecule has 1 aliphatic heterocycles. The number of aromatic nitrogens is 1. The first-order valence-corrected chi connectivity index (χ1v) is 13.3. The number of rotatable bonds is 7. The number of benzene rings is 2. The summed E-state index contributed by atoms with van der Waals surface area (Å²) < 4.78 is 29.6. The van der Waals surface area contributed by atoms with Crippen molar-refractivity contribution in [1.29, 1.82) is 0 Å². The smallest absolute Gasteiger partial charge is 0.243 e. The second-order valence-corrected chi connectivity index (χ2v) is 11.5. The van der Waals surface area contributed by atoms with Crippen LogP contribution in [0.5, 0.6) is 0 Å². The van der Waals surface area contributed by atoms with E-state index in [0.717, 1.165) is 16.8 Å². The van der Waals surface area contributed by atoms with Gasteiger partial charge < -0.3 is 4.84 Å². The van der Waals surface area contributed by atoms with E-state index in [1.165, 1.54) is 11.3 Å². The van der Waals surface area contributed by atoms with Gasteiger partial charge in [-0.05, 0) is 43.4 Å². The lowest BCUT2D eigenvalue weighted by Gasteiger charge is -2.33. The molecule has 0 saturated carbocycles. The Labute approximate surface area is 202 Å². The minimum atomic E-state index is -3.45. The van der Waals surface area contributed by atoms with Gasteiger partial charge >= 0.3 is 0 Å². The molecule has 1 fully saturated rings. The predicted molar refractivity (Wildman–Crippen MR) is 131 cm³/mol. The SMILES string of the molecule is Cc1ccc(S(=O)(=O)N2CCN(CCOn3c(-c4ccc(Cl)cc4)csc3=S)CC2)cc1. The molecule has 0 unspecified atom stereocenters. The molecule has 170 valence electrons. The van der Waals surface area contributed by atoms with Crippen molar-refractivity contribution in [3.8, 4) is 11.3 Å². The molecule has 0 spiro atoms. The summed E-state index contributed by atoms with van der Waals surface area (Å²) in [6.45, 7) is 5.33. The number of piperazine rings is 1. The topological polar surface area (TPSA) is 54.8 Å². The normalized spacial score (nSPS) is 15.7. The number of aryl methyl sites for hydroxylation is 1. The predicted octanol–water partition coefficient (Wildman–Crippen LogP) is 4.34. The van der Waals surface area contributed by atoms with E-state index >= 15 is 0 Å². The van der Waals surface area contributed by atoms with Crippen LogP contribution in [0.25, 0.3) is 11.3 Å². The molecule has 0 aliphatic carbocycles. The van der Waals surface area contributed by atoms with Crippen molar-refractivity contribution in [3.05, 3.63) is 68.5 Å². The zero-order valence-corrected chi connectivity index (χ0v) is 20.8. The van der Waals surface area contributed by atoms with Gasteiger partial charge in [0.2, 0.25) is 10.0 Å².